The summed E-state index contributed by atoms with van der Waals surface area (Å²) >= 11 is 1.64. The van der Waals surface area contributed by atoms with Gasteiger partial charge in [0.2, 0.25) is 0 Å². The zero-order chi connectivity index (χ0) is 16.2. The number of benzene rings is 1. The second-order valence-electron chi connectivity index (χ2n) is 5.78. The standard InChI is InChI=1S/C17H21N3O2S/c1-13(2)22-15-5-3-14(4-6-15)16(21)19-8-10-20(11-9-19)17-18-7-12-23-17/h3-7,12-13H,8-11H2,1-2H3. The first-order chi connectivity index (χ1) is 11.1. The molecule has 0 unspecified atom stereocenters. The lowest BCUT2D eigenvalue weighted by atomic mass is 10.1. The Morgan fingerprint density at radius 3 is 2.43 bits per heavy atom. The predicted octanol–water partition coefficient (Wildman–Crippen LogP) is 2.89. The second-order valence-corrected chi connectivity index (χ2v) is 6.66. The zero-order valence-electron chi connectivity index (χ0n) is 13.4. The minimum Gasteiger partial charge on any atom is -0.491 e. The van der Waals surface area contributed by atoms with Crippen molar-refractivity contribution in [2.24, 2.45) is 0 Å². The van der Waals surface area contributed by atoms with Crippen LogP contribution in [0.4, 0.5) is 5.13 Å². The van der Waals surface area contributed by atoms with Crippen molar-refractivity contribution in [3.63, 3.8) is 0 Å². The van der Waals surface area contributed by atoms with Crippen LogP contribution >= 0.6 is 11.3 Å². The van der Waals surface area contributed by atoms with Crippen molar-refractivity contribution in [1.29, 1.82) is 0 Å². The van der Waals surface area contributed by atoms with Crippen LogP contribution in [0.15, 0.2) is 35.8 Å². The fourth-order valence-electron chi connectivity index (χ4n) is 2.60. The van der Waals surface area contributed by atoms with Gasteiger partial charge in [0, 0.05) is 43.3 Å². The summed E-state index contributed by atoms with van der Waals surface area (Å²) in [7, 11) is 0. The molecule has 0 spiro atoms. The Hall–Kier alpha value is -2.08. The molecule has 23 heavy (non-hydrogen) atoms. The molecule has 0 saturated carbocycles. The van der Waals surface area contributed by atoms with Crippen LogP contribution in [0.25, 0.3) is 0 Å². The second kappa shape index (κ2) is 7.00. The molecule has 0 N–H and O–H groups in total. The van der Waals surface area contributed by atoms with Gasteiger partial charge in [-0.05, 0) is 38.1 Å². The van der Waals surface area contributed by atoms with E-state index in [0.29, 0.717) is 5.56 Å². The van der Waals surface area contributed by atoms with E-state index in [1.54, 1.807) is 11.3 Å². The van der Waals surface area contributed by atoms with Crippen LogP contribution < -0.4 is 9.64 Å². The first-order valence-electron chi connectivity index (χ1n) is 7.84. The van der Waals surface area contributed by atoms with Crippen LogP contribution in [0.1, 0.15) is 24.2 Å². The molecule has 2 aromatic rings. The largest absolute Gasteiger partial charge is 0.491 e. The van der Waals surface area contributed by atoms with Gasteiger partial charge in [0.25, 0.3) is 5.91 Å². The average Bonchev–Trinajstić information content (AvgIpc) is 3.09. The molecule has 5 nitrogen and oxygen atoms in total. The summed E-state index contributed by atoms with van der Waals surface area (Å²) in [6.45, 7) is 7.08. The number of piperazine rings is 1. The van der Waals surface area contributed by atoms with Gasteiger partial charge in [-0.2, -0.15) is 0 Å². The first kappa shape index (κ1) is 15.8. The number of aromatic nitrogens is 1. The molecule has 0 aliphatic carbocycles. The monoisotopic (exact) mass is 331 g/mol. The molecule has 2 heterocycles. The highest BCUT2D eigenvalue weighted by Gasteiger charge is 2.23. The molecule has 1 aromatic heterocycles. The van der Waals surface area contributed by atoms with Crippen molar-refractivity contribution in [3.05, 3.63) is 41.4 Å². The lowest BCUT2D eigenvalue weighted by molar-refractivity contribution is 0.0746. The summed E-state index contributed by atoms with van der Waals surface area (Å²) in [5.41, 5.74) is 0.712. The molecule has 0 radical (unpaired) electrons. The van der Waals surface area contributed by atoms with Crippen LogP contribution in [-0.4, -0.2) is 48.1 Å². The highest BCUT2D eigenvalue weighted by molar-refractivity contribution is 7.13. The number of nitrogens with zero attached hydrogens (tertiary/aromatic N) is 3. The third-order valence-corrected chi connectivity index (χ3v) is 4.56. The van der Waals surface area contributed by atoms with Gasteiger partial charge in [-0.15, -0.1) is 11.3 Å². The Kier molecular flexibility index (Phi) is 4.81. The van der Waals surface area contributed by atoms with Crippen LogP contribution in [0, 0.1) is 0 Å². The molecule has 0 bridgehead atoms. The van der Waals surface area contributed by atoms with Crippen LogP contribution in [0.2, 0.25) is 0 Å². The Morgan fingerprint density at radius 2 is 1.87 bits per heavy atom. The summed E-state index contributed by atoms with van der Waals surface area (Å²) in [5, 5.41) is 3.01. The van der Waals surface area contributed by atoms with E-state index in [1.165, 1.54) is 0 Å². The van der Waals surface area contributed by atoms with E-state index in [2.05, 4.69) is 9.88 Å². The minimum absolute atomic E-state index is 0.0832. The maximum absolute atomic E-state index is 12.6. The van der Waals surface area contributed by atoms with E-state index in [-0.39, 0.29) is 12.0 Å². The molecule has 3 rings (SSSR count). The van der Waals surface area contributed by atoms with Gasteiger partial charge in [0.15, 0.2) is 5.13 Å². The van der Waals surface area contributed by atoms with Gasteiger partial charge in [0.05, 0.1) is 6.10 Å². The van der Waals surface area contributed by atoms with Gasteiger partial charge in [-0.3, -0.25) is 4.79 Å². The maximum atomic E-state index is 12.6. The Balaban J connectivity index is 1.58. The van der Waals surface area contributed by atoms with Crippen LogP contribution in [-0.2, 0) is 0 Å². The average molecular weight is 331 g/mol. The van der Waals surface area contributed by atoms with Crippen molar-refractivity contribution in [2.45, 2.75) is 20.0 Å². The fraction of sp³-hybridized carbons (Fsp3) is 0.412. The highest BCUT2D eigenvalue weighted by Crippen LogP contribution is 2.20. The molecule has 1 aliphatic heterocycles. The lowest BCUT2D eigenvalue weighted by Gasteiger charge is -2.34. The molecule has 1 fully saturated rings. The van der Waals surface area contributed by atoms with Gasteiger partial charge in [0.1, 0.15) is 5.75 Å². The van der Waals surface area contributed by atoms with Gasteiger partial charge >= 0.3 is 0 Å². The normalized spacial score (nSPS) is 15.1. The number of ether oxygens (including phenoxy) is 1. The topological polar surface area (TPSA) is 45.7 Å². The van der Waals surface area contributed by atoms with E-state index in [1.807, 2.05) is 54.6 Å². The van der Waals surface area contributed by atoms with Gasteiger partial charge < -0.3 is 14.5 Å². The first-order valence-corrected chi connectivity index (χ1v) is 8.72. The van der Waals surface area contributed by atoms with Crippen LogP contribution in [0.5, 0.6) is 5.75 Å². The number of rotatable bonds is 4. The number of hydrogen-bond acceptors (Lipinski definition) is 5. The molecule has 1 amide bonds. The number of hydrogen-bond donors (Lipinski definition) is 0. The number of thiazole rings is 1. The molecule has 1 aromatic carbocycles. The van der Waals surface area contributed by atoms with Gasteiger partial charge in [-0.1, -0.05) is 0 Å². The molecular weight excluding hydrogens is 310 g/mol. The zero-order valence-corrected chi connectivity index (χ0v) is 14.3. The summed E-state index contributed by atoms with van der Waals surface area (Å²) in [6, 6.07) is 7.40. The minimum atomic E-state index is 0.0832. The van der Waals surface area contributed by atoms with Crippen LogP contribution in [0.3, 0.4) is 0 Å². The van der Waals surface area contributed by atoms with E-state index >= 15 is 0 Å². The van der Waals surface area contributed by atoms with E-state index in [4.69, 9.17) is 4.74 Å². The van der Waals surface area contributed by atoms with Crippen molar-refractivity contribution >= 4 is 22.4 Å². The highest BCUT2D eigenvalue weighted by atomic mass is 32.1. The van der Waals surface area contributed by atoms with Crippen molar-refractivity contribution in [3.8, 4) is 5.75 Å². The molecule has 0 atom stereocenters. The van der Waals surface area contributed by atoms with Crippen molar-refractivity contribution in [1.82, 2.24) is 9.88 Å². The van der Waals surface area contributed by atoms with Crippen molar-refractivity contribution in [2.75, 3.05) is 31.1 Å². The SMILES string of the molecule is CC(C)Oc1ccc(C(=O)N2CCN(c3nccs3)CC2)cc1. The Labute approximate surface area is 140 Å². The third kappa shape index (κ3) is 3.82. The quantitative estimate of drug-likeness (QED) is 0.864. The summed E-state index contributed by atoms with van der Waals surface area (Å²) < 4.78 is 5.61. The maximum Gasteiger partial charge on any atom is 0.253 e. The van der Waals surface area contributed by atoms with Crippen molar-refractivity contribution < 1.29 is 9.53 Å². The fourth-order valence-corrected chi connectivity index (χ4v) is 3.30. The summed E-state index contributed by atoms with van der Waals surface area (Å²) in [4.78, 5) is 21.0. The number of carbonyl (C=O) groups excluding carboxylic acids is 1. The number of anilines is 1. The third-order valence-electron chi connectivity index (χ3n) is 3.73. The molecular formula is C17H21N3O2S. The lowest BCUT2D eigenvalue weighted by Crippen LogP contribution is -2.48. The molecule has 1 saturated heterocycles. The number of carbonyl (C=O) groups is 1. The predicted molar refractivity (Wildman–Crippen MR) is 92.4 cm³/mol. The molecule has 1 aliphatic rings. The van der Waals surface area contributed by atoms with E-state index in [0.717, 1.165) is 37.1 Å². The van der Waals surface area contributed by atoms with Gasteiger partial charge in [-0.25, -0.2) is 4.98 Å². The Bertz CT molecular complexity index is 632. The van der Waals surface area contributed by atoms with E-state index in [9.17, 15) is 4.79 Å². The molecule has 122 valence electrons. The van der Waals surface area contributed by atoms with E-state index < -0.39 is 0 Å². The Morgan fingerprint density at radius 1 is 1.17 bits per heavy atom. The summed E-state index contributed by atoms with van der Waals surface area (Å²) in [5.74, 6) is 0.880. The number of amides is 1. The smallest absolute Gasteiger partial charge is 0.253 e. The molecule has 6 heteroatoms. The summed E-state index contributed by atoms with van der Waals surface area (Å²) in [6.07, 6.45) is 1.95.